The molecule has 0 saturated carbocycles. The van der Waals surface area contributed by atoms with Gasteiger partial charge in [-0.05, 0) is 48.6 Å². The molecule has 23 heavy (non-hydrogen) atoms. The summed E-state index contributed by atoms with van der Waals surface area (Å²) >= 11 is 7.60. The van der Waals surface area contributed by atoms with Crippen molar-refractivity contribution in [3.8, 4) is 5.75 Å². The number of halogens is 1. The number of benzene rings is 1. The van der Waals surface area contributed by atoms with Gasteiger partial charge in [0.15, 0.2) is 0 Å². The molecule has 0 saturated heterocycles. The van der Waals surface area contributed by atoms with Crippen molar-refractivity contribution in [3.05, 3.63) is 28.8 Å². The number of hydrogen-bond acceptors (Lipinski definition) is 5. The summed E-state index contributed by atoms with van der Waals surface area (Å²) in [5.41, 5.74) is 0.905. The van der Waals surface area contributed by atoms with Gasteiger partial charge < -0.3 is 14.8 Å². The standard InChI is InChI=1S/C16H20ClNO4S/c1-21-16(20)13(5-6-23-2)18-15(19)11-7-10-8-12(17)3-4-14(10)22-9-11/h3-4,8,11,13H,5-7,9H2,1-2H3,(H,18,19)/t11-,13-/m0/s1. The first kappa shape index (κ1) is 17.9. The Morgan fingerprint density at radius 1 is 1.52 bits per heavy atom. The second-order valence-electron chi connectivity index (χ2n) is 5.33. The molecule has 1 heterocycles. The Morgan fingerprint density at radius 3 is 3.00 bits per heavy atom. The number of hydrogen-bond donors (Lipinski definition) is 1. The van der Waals surface area contributed by atoms with E-state index < -0.39 is 12.0 Å². The van der Waals surface area contributed by atoms with Crippen LogP contribution < -0.4 is 10.1 Å². The molecular weight excluding hydrogens is 338 g/mol. The summed E-state index contributed by atoms with van der Waals surface area (Å²) in [4.78, 5) is 24.2. The molecule has 1 aliphatic heterocycles. The van der Waals surface area contributed by atoms with Gasteiger partial charge >= 0.3 is 5.97 Å². The van der Waals surface area contributed by atoms with Crippen molar-refractivity contribution >= 4 is 35.2 Å². The van der Waals surface area contributed by atoms with E-state index in [1.807, 2.05) is 18.4 Å². The highest BCUT2D eigenvalue weighted by Gasteiger charge is 2.29. The molecule has 0 spiro atoms. The van der Waals surface area contributed by atoms with Crippen LogP contribution in [-0.4, -0.2) is 43.6 Å². The van der Waals surface area contributed by atoms with E-state index in [2.05, 4.69) is 5.32 Å². The van der Waals surface area contributed by atoms with Crippen LogP contribution in [0.15, 0.2) is 18.2 Å². The molecule has 1 aliphatic rings. The molecule has 5 nitrogen and oxygen atoms in total. The van der Waals surface area contributed by atoms with Gasteiger partial charge in [0.05, 0.1) is 13.0 Å². The Labute approximate surface area is 145 Å². The van der Waals surface area contributed by atoms with Crippen LogP contribution in [-0.2, 0) is 20.7 Å². The smallest absolute Gasteiger partial charge is 0.328 e. The molecule has 7 heteroatoms. The van der Waals surface area contributed by atoms with Crippen molar-refractivity contribution in [1.82, 2.24) is 5.32 Å². The van der Waals surface area contributed by atoms with Crippen molar-refractivity contribution in [3.63, 3.8) is 0 Å². The summed E-state index contributed by atoms with van der Waals surface area (Å²) in [7, 11) is 1.32. The lowest BCUT2D eigenvalue weighted by atomic mass is 9.95. The van der Waals surface area contributed by atoms with E-state index >= 15 is 0 Å². The molecule has 2 rings (SSSR count). The maximum atomic E-state index is 12.4. The molecular formula is C16H20ClNO4S. The summed E-state index contributed by atoms with van der Waals surface area (Å²) in [5, 5.41) is 3.39. The maximum absolute atomic E-state index is 12.4. The number of carbonyl (C=O) groups excluding carboxylic acids is 2. The lowest BCUT2D eigenvalue weighted by Gasteiger charge is -2.26. The number of amides is 1. The van der Waals surface area contributed by atoms with Gasteiger partial charge in [-0.2, -0.15) is 11.8 Å². The number of fused-ring (bicyclic) bond motifs is 1. The topological polar surface area (TPSA) is 64.6 Å². The summed E-state index contributed by atoms with van der Waals surface area (Å²) < 4.78 is 10.4. The zero-order chi connectivity index (χ0) is 16.8. The molecule has 2 atom stereocenters. The van der Waals surface area contributed by atoms with Crippen LogP contribution in [0.1, 0.15) is 12.0 Å². The van der Waals surface area contributed by atoms with Crippen LogP contribution in [0.4, 0.5) is 0 Å². The molecule has 0 bridgehead atoms. The van der Waals surface area contributed by atoms with E-state index in [1.165, 1.54) is 7.11 Å². The molecule has 0 unspecified atom stereocenters. The van der Waals surface area contributed by atoms with Gasteiger partial charge in [-0.1, -0.05) is 11.6 Å². The minimum Gasteiger partial charge on any atom is -0.492 e. The van der Waals surface area contributed by atoms with E-state index in [1.54, 1.807) is 17.8 Å². The third-order valence-electron chi connectivity index (χ3n) is 3.71. The number of rotatable bonds is 6. The van der Waals surface area contributed by atoms with Crippen molar-refractivity contribution in [2.24, 2.45) is 5.92 Å². The minimum atomic E-state index is -0.624. The van der Waals surface area contributed by atoms with E-state index in [-0.39, 0.29) is 18.4 Å². The van der Waals surface area contributed by atoms with Crippen LogP contribution in [0.25, 0.3) is 0 Å². The van der Waals surface area contributed by atoms with Crippen LogP contribution in [0.3, 0.4) is 0 Å². The largest absolute Gasteiger partial charge is 0.492 e. The fourth-order valence-electron chi connectivity index (χ4n) is 2.45. The zero-order valence-electron chi connectivity index (χ0n) is 13.1. The minimum absolute atomic E-state index is 0.202. The highest BCUT2D eigenvalue weighted by Crippen LogP contribution is 2.29. The first-order valence-electron chi connectivity index (χ1n) is 7.33. The van der Waals surface area contributed by atoms with Gasteiger partial charge in [-0.3, -0.25) is 4.79 Å². The molecule has 0 aromatic heterocycles. The van der Waals surface area contributed by atoms with Crippen LogP contribution >= 0.6 is 23.4 Å². The van der Waals surface area contributed by atoms with Crippen molar-refractivity contribution in [2.45, 2.75) is 18.9 Å². The Kier molecular flexibility index (Phi) is 6.59. The van der Waals surface area contributed by atoms with Gasteiger partial charge in [0.2, 0.25) is 5.91 Å². The molecule has 0 aliphatic carbocycles. The Bertz CT molecular complexity index is 581. The Hall–Kier alpha value is -1.40. The SMILES string of the molecule is COC(=O)[C@H](CCSC)NC(=O)[C@@H]1COc2ccc(Cl)cc2C1. The fourth-order valence-corrected chi connectivity index (χ4v) is 3.11. The molecule has 1 N–H and O–H groups in total. The molecule has 126 valence electrons. The quantitative estimate of drug-likeness (QED) is 0.791. The Balaban J connectivity index is 2.01. The fraction of sp³-hybridized carbons (Fsp3) is 0.500. The third kappa shape index (κ3) is 4.78. The number of nitrogens with one attached hydrogen (secondary N) is 1. The molecule has 1 aromatic rings. The van der Waals surface area contributed by atoms with E-state index in [0.717, 1.165) is 17.1 Å². The first-order chi connectivity index (χ1) is 11.0. The number of carbonyl (C=O) groups is 2. The van der Waals surface area contributed by atoms with Crippen molar-refractivity contribution in [2.75, 3.05) is 25.7 Å². The molecule has 0 fully saturated rings. The molecule has 1 aromatic carbocycles. The van der Waals surface area contributed by atoms with Gasteiger partial charge in [-0.25, -0.2) is 4.79 Å². The lowest BCUT2D eigenvalue weighted by Crippen LogP contribution is -2.46. The summed E-state index contributed by atoms with van der Waals surface area (Å²) in [6, 6.07) is 4.75. The second kappa shape index (κ2) is 8.45. The average Bonchev–Trinajstić information content (AvgIpc) is 2.56. The summed E-state index contributed by atoms with van der Waals surface area (Å²) in [6.07, 6.45) is 3.03. The van der Waals surface area contributed by atoms with Gasteiger partial charge in [0.25, 0.3) is 0 Å². The third-order valence-corrected chi connectivity index (χ3v) is 4.59. The highest BCUT2D eigenvalue weighted by atomic mass is 35.5. The number of ether oxygens (including phenoxy) is 2. The zero-order valence-corrected chi connectivity index (χ0v) is 14.7. The number of esters is 1. The monoisotopic (exact) mass is 357 g/mol. The average molecular weight is 358 g/mol. The number of methoxy groups -OCH3 is 1. The van der Waals surface area contributed by atoms with Crippen LogP contribution in [0.2, 0.25) is 5.02 Å². The predicted octanol–water partition coefficient (Wildman–Crippen LogP) is 2.30. The second-order valence-corrected chi connectivity index (χ2v) is 6.75. The maximum Gasteiger partial charge on any atom is 0.328 e. The number of thioether (sulfide) groups is 1. The van der Waals surface area contributed by atoms with Crippen molar-refractivity contribution < 1.29 is 19.1 Å². The van der Waals surface area contributed by atoms with E-state index in [0.29, 0.717) is 17.9 Å². The molecule has 1 amide bonds. The van der Waals surface area contributed by atoms with Gasteiger partial charge in [0.1, 0.15) is 18.4 Å². The highest BCUT2D eigenvalue weighted by molar-refractivity contribution is 7.98. The Morgan fingerprint density at radius 2 is 2.30 bits per heavy atom. The predicted molar refractivity (Wildman–Crippen MR) is 91.1 cm³/mol. The van der Waals surface area contributed by atoms with Crippen molar-refractivity contribution in [1.29, 1.82) is 0 Å². The van der Waals surface area contributed by atoms with Gasteiger partial charge in [0, 0.05) is 5.02 Å². The first-order valence-corrected chi connectivity index (χ1v) is 9.10. The van der Waals surface area contributed by atoms with E-state index in [4.69, 9.17) is 21.1 Å². The van der Waals surface area contributed by atoms with Crippen LogP contribution in [0.5, 0.6) is 5.75 Å². The van der Waals surface area contributed by atoms with Gasteiger partial charge in [-0.15, -0.1) is 0 Å². The van der Waals surface area contributed by atoms with Crippen LogP contribution in [0, 0.1) is 5.92 Å². The van der Waals surface area contributed by atoms with E-state index in [9.17, 15) is 9.59 Å². The summed E-state index contributed by atoms with van der Waals surface area (Å²) in [5.74, 6) is 0.548. The normalized spacial score (nSPS) is 17.6. The lowest BCUT2D eigenvalue weighted by molar-refractivity contribution is -0.145. The molecule has 0 radical (unpaired) electrons. The summed E-state index contributed by atoms with van der Waals surface area (Å²) in [6.45, 7) is 0.289.